The second-order valence-corrected chi connectivity index (χ2v) is 14.2. The summed E-state index contributed by atoms with van der Waals surface area (Å²) in [5.74, 6) is 5.60. The van der Waals surface area contributed by atoms with Crippen LogP contribution >= 0.6 is 0 Å². The molecule has 8 atom stereocenters. The highest BCUT2D eigenvalue weighted by molar-refractivity contribution is 7.80. The van der Waals surface area contributed by atoms with Crippen LogP contribution < -0.4 is 5.32 Å². The number of carbonyl (C=O) groups excluding carboxylic acids is 1. The molecule has 3 fully saturated rings. The van der Waals surface area contributed by atoms with Crippen LogP contribution in [-0.4, -0.2) is 58.0 Å². The topological polar surface area (TPSA) is 111 Å². The van der Waals surface area contributed by atoms with Gasteiger partial charge in [-0.3, -0.25) is 9.35 Å². The van der Waals surface area contributed by atoms with Crippen molar-refractivity contribution >= 4 is 16.3 Å². The van der Waals surface area contributed by atoms with Gasteiger partial charge in [0.25, 0.3) is 0 Å². The summed E-state index contributed by atoms with van der Waals surface area (Å²) in [6, 6.07) is 0. The molecule has 0 heterocycles. The van der Waals surface area contributed by atoms with E-state index in [0.717, 1.165) is 19.3 Å². The summed E-state index contributed by atoms with van der Waals surface area (Å²) in [4.78, 5) is 12.5. The molecule has 3 saturated carbocycles. The zero-order valence-corrected chi connectivity index (χ0v) is 25.3. The Morgan fingerprint density at radius 3 is 2.67 bits per heavy atom. The molecule has 0 radical (unpaired) electrons. The molecule has 0 saturated heterocycles. The zero-order chi connectivity index (χ0) is 29.0. The van der Waals surface area contributed by atoms with Crippen molar-refractivity contribution in [2.24, 2.45) is 40.4 Å². The minimum Gasteiger partial charge on any atom is -0.377 e. The van der Waals surface area contributed by atoms with Crippen LogP contribution in [0.25, 0.3) is 0 Å². The predicted molar refractivity (Wildman–Crippen MR) is 153 cm³/mol. The number of carbonyl (C=O) groups is 1. The molecular formula is C31H49NO7S. The quantitative estimate of drug-likeness (QED) is 0.137. The molecule has 0 aromatic carbocycles. The molecule has 4 rings (SSSR count). The average Bonchev–Trinajstić information content (AvgIpc) is 3.25. The van der Waals surface area contributed by atoms with E-state index in [1.807, 2.05) is 0 Å². The Hall–Kier alpha value is -1.44. The van der Waals surface area contributed by atoms with Gasteiger partial charge in [0.1, 0.15) is 6.61 Å². The number of fused-ring (bicyclic) bond motifs is 5. The molecule has 8 nitrogen and oxygen atoms in total. The summed E-state index contributed by atoms with van der Waals surface area (Å²) < 4.78 is 47.3. The van der Waals surface area contributed by atoms with Crippen LogP contribution in [-0.2, 0) is 28.9 Å². The first-order valence-electron chi connectivity index (χ1n) is 15.2. The molecule has 2 N–H and O–H groups in total. The Morgan fingerprint density at radius 2 is 1.93 bits per heavy atom. The summed E-state index contributed by atoms with van der Waals surface area (Å²) in [5, 5.41) is 2.98. The van der Waals surface area contributed by atoms with Crippen molar-refractivity contribution in [2.45, 2.75) is 91.1 Å². The maximum Gasteiger partial charge on any atom is 0.397 e. The standard InChI is InChI=1S/C31H49NO7S/c1-5-17-37-19-20-38-18-16-32-29(33)11-6-22(2)26-9-10-27-25-8-7-23-21-24(39-40(34,35)36)12-14-30(23,3)28(25)13-15-31(26,27)4/h1,7,22,24-28H,6,8-21H2,2-4H3,(H,32,33)(H,34,35,36)/t22-,24+,25+,26-,27+,28+,30+,31-/m1/s1. The highest BCUT2D eigenvalue weighted by Gasteiger charge is 2.59. The zero-order valence-electron chi connectivity index (χ0n) is 24.5. The van der Waals surface area contributed by atoms with Gasteiger partial charge in [0.15, 0.2) is 0 Å². The van der Waals surface area contributed by atoms with Crippen LogP contribution in [0.1, 0.15) is 85.0 Å². The first-order valence-corrected chi connectivity index (χ1v) is 16.6. The van der Waals surface area contributed by atoms with Gasteiger partial charge in [0, 0.05) is 13.0 Å². The molecule has 0 aromatic rings. The summed E-state index contributed by atoms with van der Waals surface area (Å²) in [7, 11) is -4.43. The molecule has 0 spiro atoms. The second kappa shape index (κ2) is 13.2. The van der Waals surface area contributed by atoms with E-state index >= 15 is 0 Å². The molecule has 4 aliphatic carbocycles. The smallest absolute Gasteiger partial charge is 0.377 e. The van der Waals surface area contributed by atoms with Crippen molar-refractivity contribution in [3.8, 4) is 12.3 Å². The lowest BCUT2D eigenvalue weighted by Gasteiger charge is -2.58. The van der Waals surface area contributed by atoms with Gasteiger partial charge >= 0.3 is 10.4 Å². The van der Waals surface area contributed by atoms with Gasteiger partial charge in [-0.1, -0.05) is 38.3 Å². The van der Waals surface area contributed by atoms with Crippen molar-refractivity contribution in [1.82, 2.24) is 5.32 Å². The lowest BCUT2D eigenvalue weighted by atomic mass is 9.47. The molecule has 40 heavy (non-hydrogen) atoms. The van der Waals surface area contributed by atoms with Crippen molar-refractivity contribution < 1.29 is 31.4 Å². The minimum absolute atomic E-state index is 0.0868. The Kier molecular flexibility index (Phi) is 10.4. The fourth-order valence-electron chi connectivity index (χ4n) is 9.12. The van der Waals surface area contributed by atoms with E-state index in [0.29, 0.717) is 80.6 Å². The normalized spacial score (nSPS) is 36.0. The number of hydrogen-bond acceptors (Lipinski definition) is 6. The molecule has 0 aliphatic heterocycles. The van der Waals surface area contributed by atoms with Gasteiger partial charge in [-0.05, 0) is 98.2 Å². The third-order valence-electron chi connectivity index (χ3n) is 11.0. The van der Waals surface area contributed by atoms with Crippen LogP contribution in [0, 0.1) is 52.8 Å². The number of terminal acetylenes is 1. The maximum atomic E-state index is 12.5. The van der Waals surface area contributed by atoms with E-state index in [1.54, 1.807) is 0 Å². The number of hydrogen-bond donors (Lipinski definition) is 2. The van der Waals surface area contributed by atoms with Crippen LogP contribution in [0.5, 0.6) is 0 Å². The SMILES string of the molecule is C#CCOCCOCCNC(=O)CC[C@@H](C)[C@H]1CC[C@H]2[C@@H]3CC=C4C[C@@H](OS(=O)(=O)O)CC[C@]4(C)[C@H]3CC[C@]12C. The van der Waals surface area contributed by atoms with Crippen LogP contribution in [0.2, 0.25) is 0 Å². The van der Waals surface area contributed by atoms with Gasteiger partial charge < -0.3 is 14.8 Å². The Bertz CT molecular complexity index is 1070. The van der Waals surface area contributed by atoms with Gasteiger partial charge in [-0.15, -0.1) is 6.42 Å². The van der Waals surface area contributed by atoms with Crippen LogP contribution in [0.4, 0.5) is 0 Å². The highest BCUT2D eigenvalue weighted by atomic mass is 32.3. The third kappa shape index (κ3) is 7.12. The lowest BCUT2D eigenvalue weighted by molar-refractivity contribution is -0.121. The molecule has 1 amide bonds. The number of rotatable bonds is 13. The first-order chi connectivity index (χ1) is 19.0. The van der Waals surface area contributed by atoms with Crippen molar-refractivity contribution in [1.29, 1.82) is 0 Å². The third-order valence-corrected chi connectivity index (χ3v) is 11.5. The fraction of sp³-hybridized carbons (Fsp3) is 0.839. The van der Waals surface area contributed by atoms with E-state index in [2.05, 4.69) is 38.1 Å². The van der Waals surface area contributed by atoms with E-state index in [9.17, 15) is 17.8 Å². The van der Waals surface area contributed by atoms with Gasteiger partial charge in [-0.25, -0.2) is 4.18 Å². The highest BCUT2D eigenvalue weighted by Crippen LogP contribution is 2.67. The van der Waals surface area contributed by atoms with Gasteiger partial charge in [-0.2, -0.15) is 8.42 Å². The van der Waals surface area contributed by atoms with Crippen molar-refractivity contribution in [2.75, 3.05) is 33.0 Å². The average molecular weight is 580 g/mol. The van der Waals surface area contributed by atoms with Gasteiger partial charge in [0.2, 0.25) is 5.91 Å². The molecule has 0 unspecified atom stereocenters. The molecule has 9 heteroatoms. The molecular weight excluding hydrogens is 530 g/mol. The second-order valence-electron chi connectivity index (χ2n) is 13.1. The monoisotopic (exact) mass is 579 g/mol. The number of nitrogens with one attached hydrogen (secondary N) is 1. The van der Waals surface area contributed by atoms with Crippen molar-refractivity contribution in [3.05, 3.63) is 11.6 Å². The van der Waals surface area contributed by atoms with E-state index in [1.165, 1.54) is 31.3 Å². The molecule has 4 aliphatic rings. The largest absolute Gasteiger partial charge is 0.397 e. The van der Waals surface area contributed by atoms with E-state index < -0.39 is 16.5 Å². The lowest BCUT2D eigenvalue weighted by Crippen LogP contribution is -2.51. The Morgan fingerprint density at radius 1 is 1.15 bits per heavy atom. The van der Waals surface area contributed by atoms with Gasteiger partial charge in [0.05, 0.1) is 25.9 Å². The molecule has 0 bridgehead atoms. The Balaban J connectivity index is 1.27. The number of amides is 1. The van der Waals surface area contributed by atoms with Crippen LogP contribution in [0.15, 0.2) is 11.6 Å². The first kappa shape index (κ1) is 31.5. The summed E-state index contributed by atoms with van der Waals surface area (Å²) in [6.45, 7) is 9.43. The van der Waals surface area contributed by atoms with E-state index in [-0.39, 0.29) is 17.9 Å². The summed E-state index contributed by atoms with van der Waals surface area (Å²) >= 11 is 0. The fourth-order valence-corrected chi connectivity index (χ4v) is 9.63. The Labute approximate surface area is 241 Å². The maximum absolute atomic E-state index is 12.5. The summed E-state index contributed by atoms with van der Waals surface area (Å²) in [6.07, 6.45) is 16.6. The summed E-state index contributed by atoms with van der Waals surface area (Å²) in [5.41, 5.74) is 1.72. The number of allylic oxidation sites excluding steroid dienone is 1. The van der Waals surface area contributed by atoms with Crippen molar-refractivity contribution in [3.63, 3.8) is 0 Å². The predicted octanol–water partition coefficient (Wildman–Crippen LogP) is 4.95. The minimum atomic E-state index is -4.43. The van der Waals surface area contributed by atoms with Crippen LogP contribution in [0.3, 0.4) is 0 Å². The molecule has 0 aromatic heterocycles. The molecule has 226 valence electrons. The number of ether oxygens (including phenoxy) is 2. The van der Waals surface area contributed by atoms with E-state index in [4.69, 9.17) is 20.1 Å².